The second kappa shape index (κ2) is 5.85. The normalized spacial score (nSPS) is 13.5. The molecule has 124 valence electrons. The Labute approximate surface area is 156 Å². The van der Waals surface area contributed by atoms with Crippen molar-refractivity contribution in [1.82, 2.24) is 4.98 Å². The van der Waals surface area contributed by atoms with Crippen molar-refractivity contribution in [2.75, 3.05) is 0 Å². The number of rotatable bonds is 2. The molecule has 0 amide bonds. The Morgan fingerprint density at radius 3 is 2.42 bits per heavy atom. The fourth-order valence-corrected chi connectivity index (χ4v) is 3.48. The Morgan fingerprint density at radius 2 is 1.62 bits per heavy atom. The standard InChI is InChI=1S/C24H17NO/c1-16-13-14-19-18-10-7-11-20(21-12-5-6-15-25-21)23(18)26-24(19)22(16)17-8-3-2-4-9-17/h2-15H,1H3/i1D3. The number of hydrogen-bond acceptors (Lipinski definition) is 2. The van der Waals surface area contributed by atoms with E-state index in [-0.39, 0.29) is 5.56 Å². The van der Waals surface area contributed by atoms with E-state index in [1.165, 1.54) is 0 Å². The van der Waals surface area contributed by atoms with E-state index in [4.69, 9.17) is 8.53 Å². The lowest BCUT2D eigenvalue weighted by molar-refractivity contribution is 0.670. The van der Waals surface area contributed by atoms with Gasteiger partial charge in [0.15, 0.2) is 0 Å². The molecule has 0 radical (unpaired) electrons. The van der Waals surface area contributed by atoms with Gasteiger partial charge in [-0.25, -0.2) is 0 Å². The third kappa shape index (κ3) is 2.23. The van der Waals surface area contributed by atoms with E-state index < -0.39 is 6.85 Å². The van der Waals surface area contributed by atoms with E-state index in [2.05, 4.69) is 4.98 Å². The van der Waals surface area contributed by atoms with Gasteiger partial charge in [0.2, 0.25) is 0 Å². The molecule has 3 aromatic carbocycles. The van der Waals surface area contributed by atoms with Gasteiger partial charge in [-0.1, -0.05) is 60.7 Å². The van der Waals surface area contributed by atoms with Crippen molar-refractivity contribution in [2.45, 2.75) is 6.85 Å². The number of hydrogen-bond donors (Lipinski definition) is 0. The van der Waals surface area contributed by atoms with Crippen molar-refractivity contribution in [2.24, 2.45) is 0 Å². The van der Waals surface area contributed by atoms with Crippen LogP contribution in [-0.2, 0) is 0 Å². The molecule has 0 aliphatic rings. The van der Waals surface area contributed by atoms with Crippen LogP contribution in [0.2, 0.25) is 0 Å². The summed E-state index contributed by atoms with van der Waals surface area (Å²) in [5.41, 5.74) is 4.72. The molecule has 2 heteroatoms. The summed E-state index contributed by atoms with van der Waals surface area (Å²) in [5, 5.41) is 1.84. The predicted molar refractivity (Wildman–Crippen MR) is 107 cm³/mol. The SMILES string of the molecule is [2H]C([2H])([2H])c1ccc2c(oc3c(-c4ccccn4)cccc32)c1-c1ccccc1. The summed E-state index contributed by atoms with van der Waals surface area (Å²) >= 11 is 0. The first-order valence-corrected chi connectivity index (χ1v) is 8.49. The van der Waals surface area contributed by atoms with Crippen LogP contribution in [0.1, 0.15) is 9.68 Å². The Bertz CT molecular complexity index is 1320. The smallest absolute Gasteiger partial charge is 0.144 e. The van der Waals surface area contributed by atoms with Crippen molar-refractivity contribution in [3.63, 3.8) is 0 Å². The number of aromatic nitrogens is 1. The molecule has 0 aliphatic heterocycles. The Kier molecular flexibility index (Phi) is 2.71. The highest BCUT2D eigenvalue weighted by molar-refractivity contribution is 6.13. The van der Waals surface area contributed by atoms with Crippen molar-refractivity contribution in [3.05, 3.63) is 90.6 Å². The molecule has 5 aromatic rings. The topological polar surface area (TPSA) is 26.0 Å². The van der Waals surface area contributed by atoms with Gasteiger partial charge in [0.25, 0.3) is 0 Å². The first-order chi connectivity index (χ1) is 14.0. The van der Waals surface area contributed by atoms with Crippen LogP contribution < -0.4 is 0 Å². The van der Waals surface area contributed by atoms with Gasteiger partial charge in [-0.3, -0.25) is 4.98 Å². The van der Waals surface area contributed by atoms with E-state index in [1.807, 2.05) is 72.8 Å². The van der Waals surface area contributed by atoms with E-state index in [1.54, 1.807) is 12.3 Å². The summed E-state index contributed by atoms with van der Waals surface area (Å²) in [6.07, 6.45) is 1.75. The van der Waals surface area contributed by atoms with Gasteiger partial charge in [0, 0.05) is 32.2 Å². The number of nitrogens with zero attached hydrogens (tertiary/aromatic N) is 1. The third-order valence-electron chi connectivity index (χ3n) is 4.67. The lowest BCUT2D eigenvalue weighted by atomic mass is 9.97. The number of fused-ring (bicyclic) bond motifs is 3. The molecule has 0 bridgehead atoms. The molecule has 2 heterocycles. The molecule has 26 heavy (non-hydrogen) atoms. The van der Waals surface area contributed by atoms with Crippen LogP contribution in [0.3, 0.4) is 0 Å². The molecular formula is C24H17NO. The molecule has 2 nitrogen and oxygen atoms in total. The fraction of sp³-hybridized carbons (Fsp3) is 0.0417. The summed E-state index contributed by atoms with van der Waals surface area (Å²) in [6.45, 7) is -2.25. The van der Waals surface area contributed by atoms with Crippen molar-refractivity contribution in [1.29, 1.82) is 0 Å². The van der Waals surface area contributed by atoms with Gasteiger partial charge >= 0.3 is 0 Å². The fourth-order valence-electron chi connectivity index (χ4n) is 3.48. The Morgan fingerprint density at radius 1 is 0.769 bits per heavy atom. The average Bonchev–Trinajstić information content (AvgIpc) is 3.12. The molecule has 0 saturated carbocycles. The van der Waals surface area contributed by atoms with Crippen LogP contribution in [0.5, 0.6) is 0 Å². The van der Waals surface area contributed by atoms with Gasteiger partial charge in [-0.2, -0.15) is 0 Å². The molecular weight excluding hydrogens is 318 g/mol. The van der Waals surface area contributed by atoms with Gasteiger partial charge in [0.1, 0.15) is 11.2 Å². The molecule has 0 aliphatic carbocycles. The second-order valence-electron chi connectivity index (χ2n) is 6.23. The zero-order valence-electron chi connectivity index (χ0n) is 16.9. The predicted octanol–water partition coefficient (Wildman–Crippen LogP) is 6.62. The average molecular weight is 338 g/mol. The molecule has 0 N–H and O–H groups in total. The number of aryl methyl sites for hydroxylation is 1. The number of para-hydroxylation sites is 1. The van der Waals surface area contributed by atoms with E-state index in [0.717, 1.165) is 27.6 Å². The molecule has 5 rings (SSSR count). The van der Waals surface area contributed by atoms with Crippen molar-refractivity contribution >= 4 is 21.9 Å². The lowest BCUT2D eigenvalue weighted by Crippen LogP contribution is -1.83. The monoisotopic (exact) mass is 338 g/mol. The summed E-state index contributed by atoms with van der Waals surface area (Å²) in [6, 6.07) is 24.8. The van der Waals surface area contributed by atoms with Crippen LogP contribution >= 0.6 is 0 Å². The van der Waals surface area contributed by atoms with Crippen LogP contribution in [0.25, 0.3) is 44.3 Å². The highest BCUT2D eigenvalue weighted by Crippen LogP contribution is 2.40. The second-order valence-corrected chi connectivity index (χ2v) is 6.23. The maximum atomic E-state index is 8.03. The first kappa shape index (κ1) is 12.0. The van der Waals surface area contributed by atoms with Gasteiger partial charge in [0.05, 0.1) is 5.69 Å². The maximum Gasteiger partial charge on any atom is 0.144 e. The van der Waals surface area contributed by atoms with Crippen LogP contribution in [0.4, 0.5) is 0 Å². The highest BCUT2D eigenvalue weighted by Gasteiger charge is 2.17. The van der Waals surface area contributed by atoms with E-state index >= 15 is 0 Å². The third-order valence-corrected chi connectivity index (χ3v) is 4.67. The Hall–Kier alpha value is -3.39. The number of pyridine rings is 1. The van der Waals surface area contributed by atoms with Crippen molar-refractivity contribution in [3.8, 4) is 22.4 Å². The van der Waals surface area contributed by atoms with Gasteiger partial charge in [-0.15, -0.1) is 0 Å². The molecule has 0 spiro atoms. The van der Waals surface area contributed by atoms with Crippen LogP contribution in [0.15, 0.2) is 89.5 Å². The molecule has 0 atom stereocenters. The minimum atomic E-state index is -2.25. The number of furan rings is 1. The highest BCUT2D eigenvalue weighted by atomic mass is 16.3. The van der Waals surface area contributed by atoms with Crippen LogP contribution in [0, 0.1) is 6.85 Å². The minimum Gasteiger partial charge on any atom is -0.455 e. The van der Waals surface area contributed by atoms with E-state index in [0.29, 0.717) is 16.7 Å². The summed E-state index contributed by atoms with van der Waals surface area (Å²) in [7, 11) is 0. The zero-order valence-corrected chi connectivity index (χ0v) is 13.9. The van der Waals surface area contributed by atoms with Crippen LogP contribution in [-0.4, -0.2) is 4.98 Å². The Balaban J connectivity index is 1.91. The summed E-state index contributed by atoms with van der Waals surface area (Å²) < 4.78 is 30.5. The molecule has 0 unspecified atom stereocenters. The van der Waals surface area contributed by atoms with Gasteiger partial charge < -0.3 is 4.42 Å². The van der Waals surface area contributed by atoms with E-state index in [9.17, 15) is 0 Å². The zero-order chi connectivity index (χ0) is 20.0. The summed E-state index contributed by atoms with van der Waals surface area (Å²) in [4.78, 5) is 4.46. The van der Waals surface area contributed by atoms with Gasteiger partial charge in [-0.05, 0) is 36.2 Å². The minimum absolute atomic E-state index is 0.287. The summed E-state index contributed by atoms with van der Waals surface area (Å²) in [5.74, 6) is 0. The number of benzene rings is 3. The molecule has 0 fully saturated rings. The maximum absolute atomic E-state index is 8.03. The largest absolute Gasteiger partial charge is 0.455 e. The first-order valence-electron chi connectivity index (χ1n) is 9.99. The van der Waals surface area contributed by atoms with Crippen molar-refractivity contribution < 1.29 is 8.53 Å². The molecule has 2 aromatic heterocycles. The lowest BCUT2D eigenvalue weighted by Gasteiger charge is -2.06. The molecule has 0 saturated heterocycles. The quantitative estimate of drug-likeness (QED) is 0.361.